The number of likely N-dealkylation sites (tertiary alicyclic amines) is 1. The van der Waals surface area contributed by atoms with Gasteiger partial charge in [-0.25, -0.2) is 4.98 Å². The first-order valence-corrected chi connectivity index (χ1v) is 8.99. The molecule has 140 valence electrons. The van der Waals surface area contributed by atoms with Crippen LogP contribution in [0.15, 0.2) is 12.4 Å². The maximum absolute atomic E-state index is 13.2. The predicted octanol–water partition coefficient (Wildman–Crippen LogP) is 1.50. The van der Waals surface area contributed by atoms with Crippen LogP contribution < -0.4 is 10.1 Å². The van der Waals surface area contributed by atoms with Crippen molar-refractivity contribution < 1.29 is 14.3 Å². The maximum Gasteiger partial charge on any atom is 0.259 e. The predicted molar refractivity (Wildman–Crippen MR) is 97.0 cm³/mol. The number of rotatable bonds is 5. The second-order valence-corrected chi connectivity index (χ2v) is 6.52. The number of pyridine rings is 1. The molecule has 0 bridgehead atoms. The highest BCUT2D eigenvalue weighted by atomic mass is 16.5. The molecule has 1 atom stereocenters. The van der Waals surface area contributed by atoms with E-state index >= 15 is 0 Å². The van der Waals surface area contributed by atoms with Gasteiger partial charge in [0.1, 0.15) is 11.3 Å². The van der Waals surface area contributed by atoms with Crippen LogP contribution in [0.1, 0.15) is 43.0 Å². The Hall–Kier alpha value is -2.64. The van der Waals surface area contributed by atoms with Gasteiger partial charge in [-0.05, 0) is 26.2 Å². The van der Waals surface area contributed by atoms with Gasteiger partial charge in [-0.3, -0.25) is 14.3 Å². The molecule has 1 N–H and O–H groups in total. The molecule has 8 nitrogen and oxygen atoms in total. The Morgan fingerprint density at radius 3 is 2.88 bits per heavy atom. The summed E-state index contributed by atoms with van der Waals surface area (Å²) in [6.45, 7) is 3.12. The Kier molecular flexibility index (Phi) is 5.39. The summed E-state index contributed by atoms with van der Waals surface area (Å²) in [5.41, 5.74) is 1.08. The lowest BCUT2D eigenvalue weighted by molar-refractivity contribution is -0.122. The Labute approximate surface area is 152 Å². The summed E-state index contributed by atoms with van der Waals surface area (Å²) >= 11 is 0. The maximum atomic E-state index is 13.2. The molecule has 1 aliphatic rings. The van der Waals surface area contributed by atoms with Crippen molar-refractivity contribution in [1.82, 2.24) is 25.0 Å². The molecule has 0 aromatic carbocycles. The number of carbonyl (C=O) groups is 2. The van der Waals surface area contributed by atoms with Crippen molar-refractivity contribution in [3.05, 3.63) is 18.0 Å². The summed E-state index contributed by atoms with van der Waals surface area (Å²) in [6.07, 6.45) is 6.30. The molecular weight excluding hydrogens is 334 g/mol. The van der Waals surface area contributed by atoms with E-state index < -0.39 is 0 Å². The molecule has 8 heteroatoms. The number of hydrogen-bond donors (Lipinski definition) is 1. The highest BCUT2D eigenvalue weighted by molar-refractivity contribution is 6.02. The van der Waals surface area contributed by atoms with Gasteiger partial charge in [0, 0.05) is 38.8 Å². The molecule has 1 unspecified atom stereocenters. The van der Waals surface area contributed by atoms with Crippen LogP contribution >= 0.6 is 0 Å². The van der Waals surface area contributed by atoms with Gasteiger partial charge in [0.2, 0.25) is 5.91 Å². The van der Waals surface area contributed by atoms with Gasteiger partial charge in [-0.1, -0.05) is 0 Å². The van der Waals surface area contributed by atoms with Crippen LogP contribution in [0.3, 0.4) is 0 Å². The highest BCUT2D eigenvalue weighted by Gasteiger charge is 2.31. The number of amides is 2. The molecule has 0 radical (unpaired) electrons. The largest absolute Gasteiger partial charge is 0.495 e. The molecule has 1 saturated heterocycles. The molecular formula is C18H25N5O3. The smallest absolute Gasteiger partial charge is 0.259 e. The number of nitrogens with one attached hydrogen (secondary N) is 1. The minimum Gasteiger partial charge on any atom is -0.495 e. The lowest BCUT2D eigenvalue weighted by Crippen LogP contribution is -2.46. The van der Waals surface area contributed by atoms with Gasteiger partial charge in [0.05, 0.1) is 18.7 Å². The standard InChI is InChI=1S/C18H25N5O3/c1-4-19-15(24)9-12-7-5-6-8-23(12)18(25)14-10-20-17-13(16(14)26-3)11-21-22(17)2/h10-12H,4-9H2,1-3H3,(H,19,24). The molecule has 2 aromatic heterocycles. The van der Waals surface area contributed by atoms with E-state index in [2.05, 4.69) is 15.4 Å². The van der Waals surface area contributed by atoms with Crippen molar-refractivity contribution in [2.45, 2.75) is 38.6 Å². The quantitative estimate of drug-likeness (QED) is 0.874. The first kappa shape index (κ1) is 18.2. The minimum absolute atomic E-state index is 0.0231. The summed E-state index contributed by atoms with van der Waals surface area (Å²) in [5, 5.41) is 7.71. The van der Waals surface area contributed by atoms with E-state index in [0.29, 0.717) is 41.9 Å². The van der Waals surface area contributed by atoms with Crippen LogP contribution in [0.2, 0.25) is 0 Å². The van der Waals surface area contributed by atoms with E-state index in [0.717, 1.165) is 19.3 Å². The van der Waals surface area contributed by atoms with Gasteiger partial charge in [-0.15, -0.1) is 0 Å². The SMILES string of the molecule is CCNC(=O)CC1CCCCN1C(=O)c1cnc2c(cnn2C)c1OC. The molecule has 3 heterocycles. The zero-order chi connectivity index (χ0) is 18.7. The Morgan fingerprint density at radius 1 is 1.35 bits per heavy atom. The van der Waals surface area contributed by atoms with Crippen molar-refractivity contribution in [3.8, 4) is 5.75 Å². The average molecular weight is 359 g/mol. The number of aryl methyl sites for hydroxylation is 1. The van der Waals surface area contributed by atoms with Crippen molar-refractivity contribution in [1.29, 1.82) is 0 Å². The number of fused-ring (bicyclic) bond motifs is 1. The monoisotopic (exact) mass is 359 g/mol. The second-order valence-electron chi connectivity index (χ2n) is 6.52. The van der Waals surface area contributed by atoms with E-state index in [1.807, 2.05) is 6.92 Å². The number of nitrogens with zero attached hydrogens (tertiary/aromatic N) is 4. The summed E-state index contributed by atoms with van der Waals surface area (Å²) in [5.74, 6) is 0.314. The summed E-state index contributed by atoms with van der Waals surface area (Å²) in [6, 6.07) is -0.0999. The van der Waals surface area contributed by atoms with E-state index in [9.17, 15) is 9.59 Å². The lowest BCUT2D eigenvalue weighted by atomic mass is 9.97. The fourth-order valence-electron chi connectivity index (χ4n) is 3.56. The zero-order valence-electron chi connectivity index (χ0n) is 15.5. The molecule has 0 spiro atoms. The number of carbonyl (C=O) groups excluding carboxylic acids is 2. The van der Waals surface area contributed by atoms with E-state index in [4.69, 9.17) is 4.74 Å². The number of methoxy groups -OCH3 is 1. The highest BCUT2D eigenvalue weighted by Crippen LogP contribution is 2.31. The lowest BCUT2D eigenvalue weighted by Gasteiger charge is -2.35. The molecule has 2 amide bonds. The summed E-state index contributed by atoms with van der Waals surface area (Å²) < 4.78 is 7.16. The number of hydrogen-bond acceptors (Lipinski definition) is 5. The molecule has 1 aliphatic heterocycles. The second kappa shape index (κ2) is 7.72. The van der Waals surface area contributed by atoms with Crippen molar-refractivity contribution >= 4 is 22.8 Å². The minimum atomic E-state index is -0.144. The number of aromatic nitrogens is 3. The first-order chi connectivity index (χ1) is 12.6. The van der Waals surface area contributed by atoms with Crippen LogP contribution in [0.25, 0.3) is 11.0 Å². The Bertz CT molecular complexity index is 817. The fourth-order valence-corrected chi connectivity index (χ4v) is 3.56. The van der Waals surface area contributed by atoms with E-state index in [-0.39, 0.29) is 17.9 Å². The van der Waals surface area contributed by atoms with Crippen LogP contribution in [0, 0.1) is 0 Å². The Morgan fingerprint density at radius 2 is 2.15 bits per heavy atom. The zero-order valence-corrected chi connectivity index (χ0v) is 15.5. The molecule has 2 aromatic rings. The van der Waals surface area contributed by atoms with Gasteiger partial charge in [0.15, 0.2) is 5.65 Å². The van der Waals surface area contributed by atoms with E-state index in [1.54, 1.807) is 36.1 Å². The summed E-state index contributed by atoms with van der Waals surface area (Å²) in [7, 11) is 3.34. The first-order valence-electron chi connectivity index (χ1n) is 8.99. The van der Waals surface area contributed by atoms with Crippen molar-refractivity contribution in [2.75, 3.05) is 20.2 Å². The normalized spacial score (nSPS) is 17.3. The summed E-state index contributed by atoms with van der Waals surface area (Å²) in [4.78, 5) is 31.4. The Balaban J connectivity index is 1.91. The third kappa shape index (κ3) is 3.36. The van der Waals surface area contributed by atoms with Gasteiger partial charge in [0.25, 0.3) is 5.91 Å². The molecule has 3 rings (SSSR count). The van der Waals surface area contributed by atoms with Crippen LogP contribution in [-0.4, -0.2) is 57.7 Å². The molecule has 26 heavy (non-hydrogen) atoms. The average Bonchev–Trinajstić information content (AvgIpc) is 3.02. The fraction of sp³-hybridized carbons (Fsp3) is 0.556. The van der Waals surface area contributed by atoms with Gasteiger partial charge < -0.3 is 15.0 Å². The van der Waals surface area contributed by atoms with Crippen molar-refractivity contribution in [3.63, 3.8) is 0 Å². The molecule has 1 fully saturated rings. The molecule has 0 aliphatic carbocycles. The van der Waals surface area contributed by atoms with Gasteiger partial charge >= 0.3 is 0 Å². The number of piperidine rings is 1. The third-order valence-electron chi connectivity index (χ3n) is 4.83. The molecule has 0 saturated carbocycles. The van der Waals surface area contributed by atoms with Crippen LogP contribution in [0.4, 0.5) is 0 Å². The van der Waals surface area contributed by atoms with Crippen LogP contribution in [-0.2, 0) is 11.8 Å². The number of ether oxygens (including phenoxy) is 1. The van der Waals surface area contributed by atoms with Crippen LogP contribution in [0.5, 0.6) is 5.75 Å². The van der Waals surface area contributed by atoms with Crippen molar-refractivity contribution in [2.24, 2.45) is 7.05 Å². The van der Waals surface area contributed by atoms with E-state index in [1.165, 1.54) is 0 Å². The third-order valence-corrected chi connectivity index (χ3v) is 4.83. The topological polar surface area (TPSA) is 89.4 Å². The van der Waals surface area contributed by atoms with Gasteiger partial charge in [-0.2, -0.15) is 5.10 Å².